The van der Waals surface area contributed by atoms with E-state index in [0.29, 0.717) is 23.8 Å². The molecule has 0 saturated carbocycles. The minimum absolute atomic E-state index is 0.0216. The van der Waals surface area contributed by atoms with Crippen LogP contribution in [0.3, 0.4) is 0 Å². The molecule has 0 spiro atoms. The highest BCUT2D eigenvalue weighted by molar-refractivity contribution is 9.10. The normalized spacial score (nSPS) is 17.7. The predicted octanol–water partition coefficient (Wildman–Crippen LogP) is 2.89. The molecular weight excluding hydrogens is 410 g/mol. The van der Waals surface area contributed by atoms with Gasteiger partial charge in [0, 0.05) is 32.2 Å². The first-order valence-electron chi connectivity index (χ1n) is 9.16. The van der Waals surface area contributed by atoms with Gasteiger partial charge in [0.15, 0.2) is 10.4 Å². The Bertz CT molecular complexity index is 778. The Morgan fingerprint density at radius 2 is 1.96 bits per heavy atom. The van der Waals surface area contributed by atoms with Crippen molar-refractivity contribution in [1.29, 1.82) is 0 Å². The summed E-state index contributed by atoms with van der Waals surface area (Å²) in [6, 6.07) is 13.9. The maximum absolute atomic E-state index is 12.5. The number of benzene rings is 1. The van der Waals surface area contributed by atoms with Gasteiger partial charge in [0.2, 0.25) is 5.91 Å². The van der Waals surface area contributed by atoms with Crippen molar-refractivity contribution in [1.82, 2.24) is 15.1 Å². The average molecular weight is 434 g/mol. The van der Waals surface area contributed by atoms with Crippen molar-refractivity contribution in [3.8, 4) is 0 Å². The van der Waals surface area contributed by atoms with E-state index in [0.717, 1.165) is 19.5 Å². The number of carbonyl (C=O) groups is 2. The van der Waals surface area contributed by atoms with Crippen LogP contribution < -0.4 is 5.32 Å². The third-order valence-electron chi connectivity index (χ3n) is 4.85. The SMILES string of the molecule is CCC1CN(C(=O)CNC(=O)c2ccc(Br)o2)CCN1Cc1ccccc1. The Kier molecular flexibility index (Phi) is 6.68. The summed E-state index contributed by atoms with van der Waals surface area (Å²) in [6.07, 6.45) is 0.976. The molecule has 1 aromatic heterocycles. The molecular formula is C20H24BrN3O3. The fourth-order valence-corrected chi connectivity index (χ4v) is 3.63. The number of hydrogen-bond donors (Lipinski definition) is 1. The number of halogens is 1. The van der Waals surface area contributed by atoms with E-state index in [9.17, 15) is 9.59 Å². The summed E-state index contributed by atoms with van der Waals surface area (Å²) in [5, 5.41) is 2.63. The highest BCUT2D eigenvalue weighted by Crippen LogP contribution is 2.17. The molecule has 1 saturated heterocycles. The van der Waals surface area contributed by atoms with Gasteiger partial charge in [-0.25, -0.2) is 0 Å². The Morgan fingerprint density at radius 3 is 2.63 bits per heavy atom. The zero-order valence-corrected chi connectivity index (χ0v) is 16.9. The minimum Gasteiger partial charge on any atom is -0.444 e. The molecule has 1 fully saturated rings. The number of piperazine rings is 1. The Balaban J connectivity index is 1.51. The molecule has 2 heterocycles. The fourth-order valence-electron chi connectivity index (χ4n) is 3.32. The zero-order chi connectivity index (χ0) is 19.2. The number of hydrogen-bond acceptors (Lipinski definition) is 4. The van der Waals surface area contributed by atoms with Crippen LogP contribution in [-0.2, 0) is 11.3 Å². The molecule has 7 heteroatoms. The maximum atomic E-state index is 12.5. The molecule has 2 aromatic rings. The average Bonchev–Trinajstić information content (AvgIpc) is 3.13. The first-order chi connectivity index (χ1) is 13.1. The second-order valence-electron chi connectivity index (χ2n) is 6.64. The van der Waals surface area contributed by atoms with Crippen LogP contribution in [0.2, 0.25) is 0 Å². The van der Waals surface area contributed by atoms with E-state index in [1.165, 1.54) is 5.56 Å². The number of carbonyl (C=O) groups excluding carboxylic acids is 2. The fraction of sp³-hybridized carbons (Fsp3) is 0.400. The molecule has 2 amide bonds. The van der Waals surface area contributed by atoms with Crippen LogP contribution in [0, 0.1) is 0 Å². The number of nitrogens with zero attached hydrogens (tertiary/aromatic N) is 2. The Morgan fingerprint density at radius 1 is 1.19 bits per heavy atom. The molecule has 1 N–H and O–H groups in total. The van der Waals surface area contributed by atoms with Crippen molar-refractivity contribution in [3.63, 3.8) is 0 Å². The van der Waals surface area contributed by atoms with Crippen LogP contribution in [0.1, 0.15) is 29.5 Å². The van der Waals surface area contributed by atoms with Crippen LogP contribution in [0.4, 0.5) is 0 Å². The number of amides is 2. The lowest BCUT2D eigenvalue weighted by Gasteiger charge is -2.41. The summed E-state index contributed by atoms with van der Waals surface area (Å²) in [7, 11) is 0. The molecule has 3 rings (SSSR count). The van der Waals surface area contributed by atoms with E-state index < -0.39 is 0 Å². The Labute approximate surface area is 167 Å². The number of furan rings is 1. The van der Waals surface area contributed by atoms with Gasteiger partial charge in [0.25, 0.3) is 5.91 Å². The molecule has 27 heavy (non-hydrogen) atoms. The highest BCUT2D eigenvalue weighted by Gasteiger charge is 2.28. The van der Waals surface area contributed by atoms with Crippen molar-refractivity contribution in [2.75, 3.05) is 26.2 Å². The topological polar surface area (TPSA) is 65.8 Å². The molecule has 144 valence electrons. The van der Waals surface area contributed by atoms with E-state index in [1.54, 1.807) is 12.1 Å². The van der Waals surface area contributed by atoms with Crippen LogP contribution in [0.25, 0.3) is 0 Å². The summed E-state index contributed by atoms with van der Waals surface area (Å²) < 4.78 is 5.69. The lowest BCUT2D eigenvalue weighted by atomic mass is 10.1. The van der Waals surface area contributed by atoms with Crippen molar-refractivity contribution in [2.24, 2.45) is 0 Å². The van der Waals surface area contributed by atoms with Crippen molar-refractivity contribution in [3.05, 3.63) is 58.5 Å². The third-order valence-corrected chi connectivity index (χ3v) is 5.28. The van der Waals surface area contributed by atoms with Gasteiger partial charge in [-0.2, -0.15) is 0 Å². The van der Waals surface area contributed by atoms with Gasteiger partial charge in [0.05, 0.1) is 6.54 Å². The van der Waals surface area contributed by atoms with E-state index in [4.69, 9.17) is 4.42 Å². The van der Waals surface area contributed by atoms with E-state index in [1.807, 2.05) is 11.0 Å². The summed E-state index contributed by atoms with van der Waals surface area (Å²) in [5.41, 5.74) is 1.28. The highest BCUT2D eigenvalue weighted by atomic mass is 79.9. The van der Waals surface area contributed by atoms with Gasteiger partial charge < -0.3 is 14.6 Å². The minimum atomic E-state index is -0.385. The monoisotopic (exact) mass is 433 g/mol. The summed E-state index contributed by atoms with van der Waals surface area (Å²) in [6.45, 7) is 5.21. The second-order valence-corrected chi connectivity index (χ2v) is 7.43. The van der Waals surface area contributed by atoms with Crippen molar-refractivity contribution < 1.29 is 14.0 Å². The summed E-state index contributed by atoms with van der Waals surface area (Å²) >= 11 is 3.16. The maximum Gasteiger partial charge on any atom is 0.287 e. The molecule has 1 aromatic carbocycles. The molecule has 1 atom stereocenters. The van der Waals surface area contributed by atoms with Crippen LogP contribution in [0.15, 0.2) is 51.6 Å². The van der Waals surface area contributed by atoms with E-state index >= 15 is 0 Å². The first kappa shape index (κ1) is 19.6. The van der Waals surface area contributed by atoms with Gasteiger partial charge in [-0.1, -0.05) is 37.3 Å². The molecule has 0 aliphatic carbocycles. The van der Waals surface area contributed by atoms with Gasteiger partial charge >= 0.3 is 0 Å². The standard InChI is InChI=1S/C20H24BrN3O3/c1-2-16-14-24(11-10-23(16)13-15-6-4-3-5-7-15)19(25)12-22-20(26)17-8-9-18(21)27-17/h3-9,16H,2,10-14H2,1H3,(H,22,26). The van der Waals surface area contributed by atoms with Crippen molar-refractivity contribution in [2.45, 2.75) is 25.9 Å². The predicted molar refractivity (Wildman–Crippen MR) is 106 cm³/mol. The smallest absolute Gasteiger partial charge is 0.287 e. The molecule has 1 aliphatic heterocycles. The quantitative estimate of drug-likeness (QED) is 0.760. The number of nitrogens with one attached hydrogen (secondary N) is 1. The number of rotatable bonds is 6. The molecule has 6 nitrogen and oxygen atoms in total. The second kappa shape index (κ2) is 9.19. The van der Waals surface area contributed by atoms with Gasteiger partial charge in [-0.05, 0) is 40.0 Å². The molecule has 1 aliphatic rings. The lowest BCUT2D eigenvalue weighted by Crippen LogP contribution is -2.55. The van der Waals surface area contributed by atoms with Crippen molar-refractivity contribution >= 4 is 27.7 Å². The van der Waals surface area contributed by atoms with Gasteiger partial charge in [-0.15, -0.1) is 0 Å². The molecule has 0 radical (unpaired) electrons. The van der Waals surface area contributed by atoms with Gasteiger partial charge in [0.1, 0.15) is 0 Å². The van der Waals surface area contributed by atoms with E-state index in [-0.39, 0.29) is 24.1 Å². The molecule has 0 bridgehead atoms. The lowest BCUT2D eigenvalue weighted by molar-refractivity contribution is -0.133. The van der Waals surface area contributed by atoms with Crippen LogP contribution in [-0.4, -0.2) is 53.8 Å². The third kappa shape index (κ3) is 5.20. The summed E-state index contributed by atoms with van der Waals surface area (Å²) in [4.78, 5) is 28.8. The largest absolute Gasteiger partial charge is 0.444 e. The first-order valence-corrected chi connectivity index (χ1v) is 9.95. The van der Waals surface area contributed by atoms with Crippen LogP contribution >= 0.6 is 15.9 Å². The zero-order valence-electron chi connectivity index (χ0n) is 15.4. The Hall–Kier alpha value is -2.12. The van der Waals surface area contributed by atoms with Gasteiger partial charge in [-0.3, -0.25) is 14.5 Å². The van der Waals surface area contributed by atoms with Crippen LogP contribution in [0.5, 0.6) is 0 Å². The molecule has 1 unspecified atom stereocenters. The van der Waals surface area contributed by atoms with E-state index in [2.05, 4.69) is 57.3 Å². The summed E-state index contributed by atoms with van der Waals surface area (Å²) in [5.74, 6) is -0.260.